The molecule has 0 fully saturated rings. The maximum Gasteiger partial charge on any atom is 0.109 e. The molecule has 0 aliphatic carbocycles. The molecule has 0 spiro atoms. The molecule has 0 unspecified atom stereocenters. The largest absolute Gasteiger partial charge is 0.342 e. The first-order valence-electron chi connectivity index (χ1n) is 6.14. The number of hydrogen-bond donors (Lipinski definition) is 2. The monoisotopic (exact) mass is 231 g/mol. The predicted molar refractivity (Wildman–Crippen MR) is 72.3 cm³/mol. The van der Waals surface area contributed by atoms with E-state index in [0.717, 1.165) is 16.9 Å². The van der Waals surface area contributed by atoms with Crippen LogP contribution >= 0.6 is 0 Å². The molecule has 3 heteroatoms. The summed E-state index contributed by atoms with van der Waals surface area (Å²) < 4.78 is 0. The zero-order valence-corrected chi connectivity index (χ0v) is 11.0. The number of nitrogens with zero attached hydrogens (tertiary/aromatic N) is 1. The van der Waals surface area contributed by atoms with Gasteiger partial charge in [-0.25, -0.2) is 4.98 Å². The minimum Gasteiger partial charge on any atom is -0.342 e. The summed E-state index contributed by atoms with van der Waals surface area (Å²) in [5.74, 6) is 1.47. The third kappa shape index (κ3) is 2.20. The fourth-order valence-electron chi connectivity index (χ4n) is 1.84. The van der Waals surface area contributed by atoms with Crippen LogP contribution < -0.4 is 5.73 Å². The maximum atomic E-state index is 5.81. The van der Waals surface area contributed by atoms with Gasteiger partial charge in [0.05, 0.1) is 11.0 Å². The van der Waals surface area contributed by atoms with Gasteiger partial charge in [-0.2, -0.15) is 0 Å². The lowest BCUT2D eigenvalue weighted by molar-refractivity contribution is 0.539. The van der Waals surface area contributed by atoms with E-state index in [1.165, 1.54) is 5.56 Å². The molecule has 3 nitrogen and oxygen atoms in total. The number of nitrogens with one attached hydrogen (secondary N) is 1. The Morgan fingerprint density at radius 3 is 2.65 bits per heavy atom. The van der Waals surface area contributed by atoms with Crippen LogP contribution in [0.2, 0.25) is 0 Å². The second kappa shape index (κ2) is 4.15. The SMILES string of the molecule is CC(C)c1nc2ccc(C(C)(C)CN)cc2[nH]1. The molecular formula is C14H21N3. The number of hydrogen-bond acceptors (Lipinski definition) is 2. The van der Waals surface area contributed by atoms with Crippen LogP contribution in [0.25, 0.3) is 11.0 Å². The molecule has 0 amide bonds. The fourth-order valence-corrected chi connectivity index (χ4v) is 1.84. The van der Waals surface area contributed by atoms with Crippen molar-refractivity contribution in [2.24, 2.45) is 5.73 Å². The highest BCUT2D eigenvalue weighted by Gasteiger charge is 2.19. The lowest BCUT2D eigenvalue weighted by Crippen LogP contribution is -2.27. The molecule has 0 aliphatic heterocycles. The van der Waals surface area contributed by atoms with Gasteiger partial charge < -0.3 is 10.7 Å². The molecule has 1 aromatic carbocycles. The molecule has 0 saturated carbocycles. The molecule has 92 valence electrons. The van der Waals surface area contributed by atoms with Crippen molar-refractivity contribution < 1.29 is 0 Å². The van der Waals surface area contributed by atoms with E-state index >= 15 is 0 Å². The van der Waals surface area contributed by atoms with Gasteiger partial charge in [0.1, 0.15) is 5.82 Å². The van der Waals surface area contributed by atoms with Crippen LogP contribution in [0.3, 0.4) is 0 Å². The molecule has 0 bridgehead atoms. The van der Waals surface area contributed by atoms with Crippen molar-refractivity contribution in [1.82, 2.24) is 9.97 Å². The van der Waals surface area contributed by atoms with Crippen molar-refractivity contribution in [1.29, 1.82) is 0 Å². The van der Waals surface area contributed by atoms with Crippen molar-refractivity contribution in [2.45, 2.75) is 39.0 Å². The first kappa shape index (κ1) is 12.1. The van der Waals surface area contributed by atoms with Crippen LogP contribution in [-0.2, 0) is 5.41 Å². The van der Waals surface area contributed by atoms with Crippen molar-refractivity contribution in [3.05, 3.63) is 29.6 Å². The van der Waals surface area contributed by atoms with Gasteiger partial charge in [0.15, 0.2) is 0 Å². The first-order valence-corrected chi connectivity index (χ1v) is 6.14. The fraction of sp³-hybridized carbons (Fsp3) is 0.500. The van der Waals surface area contributed by atoms with Crippen LogP contribution in [0.15, 0.2) is 18.2 Å². The Bertz CT molecular complexity index is 523. The van der Waals surface area contributed by atoms with Crippen LogP contribution in [0.5, 0.6) is 0 Å². The minimum absolute atomic E-state index is 0.0112. The summed E-state index contributed by atoms with van der Waals surface area (Å²) in [6, 6.07) is 6.37. The smallest absolute Gasteiger partial charge is 0.109 e. The molecule has 1 aromatic heterocycles. The summed E-state index contributed by atoms with van der Waals surface area (Å²) >= 11 is 0. The maximum absolute atomic E-state index is 5.81. The van der Waals surface area contributed by atoms with Crippen LogP contribution in [0.1, 0.15) is 45.0 Å². The molecular weight excluding hydrogens is 210 g/mol. The third-order valence-corrected chi connectivity index (χ3v) is 3.34. The molecule has 0 atom stereocenters. The second-order valence-corrected chi connectivity index (χ2v) is 5.60. The number of benzene rings is 1. The highest BCUT2D eigenvalue weighted by Crippen LogP contribution is 2.25. The van der Waals surface area contributed by atoms with Crippen molar-refractivity contribution >= 4 is 11.0 Å². The van der Waals surface area contributed by atoms with Gasteiger partial charge in [0, 0.05) is 17.9 Å². The summed E-state index contributed by atoms with van der Waals surface area (Å²) in [6.45, 7) is 9.25. The molecule has 2 rings (SSSR count). The predicted octanol–water partition coefficient (Wildman–Crippen LogP) is 2.92. The summed E-state index contributed by atoms with van der Waals surface area (Å²) in [4.78, 5) is 7.95. The van der Waals surface area contributed by atoms with Gasteiger partial charge in [-0.3, -0.25) is 0 Å². The Hall–Kier alpha value is -1.35. The number of rotatable bonds is 3. The quantitative estimate of drug-likeness (QED) is 0.853. The summed E-state index contributed by atoms with van der Waals surface area (Å²) in [5.41, 5.74) is 9.21. The van der Waals surface area contributed by atoms with Crippen molar-refractivity contribution in [2.75, 3.05) is 6.54 Å². The Morgan fingerprint density at radius 1 is 1.35 bits per heavy atom. The van der Waals surface area contributed by atoms with E-state index in [0.29, 0.717) is 12.5 Å². The Labute approximate surface area is 102 Å². The zero-order valence-electron chi connectivity index (χ0n) is 11.0. The second-order valence-electron chi connectivity index (χ2n) is 5.60. The van der Waals surface area contributed by atoms with Gasteiger partial charge in [-0.05, 0) is 17.7 Å². The summed E-state index contributed by atoms with van der Waals surface area (Å²) in [6.07, 6.45) is 0. The number of fused-ring (bicyclic) bond motifs is 1. The van der Waals surface area contributed by atoms with Gasteiger partial charge in [-0.1, -0.05) is 33.8 Å². The van der Waals surface area contributed by atoms with E-state index in [2.05, 4.69) is 55.9 Å². The molecule has 3 N–H and O–H groups in total. The van der Waals surface area contributed by atoms with Crippen LogP contribution in [-0.4, -0.2) is 16.5 Å². The Morgan fingerprint density at radius 2 is 2.06 bits per heavy atom. The molecule has 0 saturated heterocycles. The Kier molecular flexibility index (Phi) is 2.96. The third-order valence-electron chi connectivity index (χ3n) is 3.34. The number of H-pyrrole nitrogens is 1. The minimum atomic E-state index is 0.0112. The van der Waals surface area contributed by atoms with Crippen molar-refractivity contribution in [3.8, 4) is 0 Å². The topological polar surface area (TPSA) is 54.7 Å². The highest BCUT2D eigenvalue weighted by molar-refractivity contribution is 5.76. The lowest BCUT2D eigenvalue weighted by Gasteiger charge is -2.22. The molecule has 17 heavy (non-hydrogen) atoms. The first-order chi connectivity index (χ1) is 7.94. The van der Waals surface area contributed by atoms with E-state index in [1.807, 2.05) is 0 Å². The lowest BCUT2D eigenvalue weighted by atomic mass is 9.85. The number of aromatic amines is 1. The average Bonchev–Trinajstić information content (AvgIpc) is 2.71. The normalized spacial score (nSPS) is 12.6. The van der Waals surface area contributed by atoms with E-state index in [9.17, 15) is 0 Å². The highest BCUT2D eigenvalue weighted by atomic mass is 14.9. The number of imidazole rings is 1. The summed E-state index contributed by atoms with van der Waals surface area (Å²) in [5, 5.41) is 0. The number of nitrogens with two attached hydrogens (primary N) is 1. The molecule has 2 aromatic rings. The van der Waals surface area contributed by atoms with Gasteiger partial charge in [0.25, 0.3) is 0 Å². The van der Waals surface area contributed by atoms with E-state index < -0.39 is 0 Å². The molecule has 1 heterocycles. The standard InChI is InChI=1S/C14H21N3/c1-9(2)13-16-11-6-5-10(7-12(11)17-13)14(3,4)8-15/h5-7,9H,8,15H2,1-4H3,(H,16,17). The zero-order chi connectivity index (χ0) is 12.6. The summed E-state index contributed by atoms with van der Waals surface area (Å²) in [7, 11) is 0. The van der Waals surface area contributed by atoms with Crippen molar-refractivity contribution in [3.63, 3.8) is 0 Å². The molecule has 0 aliphatic rings. The van der Waals surface area contributed by atoms with Crippen LogP contribution in [0.4, 0.5) is 0 Å². The van der Waals surface area contributed by atoms with E-state index in [1.54, 1.807) is 0 Å². The average molecular weight is 231 g/mol. The van der Waals surface area contributed by atoms with Gasteiger partial charge in [0.2, 0.25) is 0 Å². The van der Waals surface area contributed by atoms with Gasteiger partial charge in [-0.15, -0.1) is 0 Å². The van der Waals surface area contributed by atoms with E-state index in [4.69, 9.17) is 5.73 Å². The van der Waals surface area contributed by atoms with Crippen LogP contribution in [0, 0.1) is 0 Å². The number of aromatic nitrogens is 2. The van der Waals surface area contributed by atoms with E-state index in [-0.39, 0.29) is 5.41 Å². The Balaban J connectivity index is 2.50. The van der Waals surface area contributed by atoms with Gasteiger partial charge >= 0.3 is 0 Å². The molecule has 0 radical (unpaired) electrons.